The SMILES string of the molecule is CCCN(Cc1csc(COc2ccc(C)c(C)c2)n1)C(=O)C(C)C. The predicted molar refractivity (Wildman–Crippen MR) is 103 cm³/mol. The van der Waals surface area contributed by atoms with Crippen molar-refractivity contribution in [3.05, 3.63) is 45.4 Å². The van der Waals surface area contributed by atoms with Gasteiger partial charge in [0.05, 0.1) is 12.2 Å². The Morgan fingerprint density at radius 1 is 1.28 bits per heavy atom. The molecule has 0 unspecified atom stereocenters. The summed E-state index contributed by atoms with van der Waals surface area (Å²) in [6.07, 6.45) is 0.950. The molecule has 0 aliphatic carbocycles. The van der Waals surface area contributed by atoms with Gasteiger partial charge in [-0.3, -0.25) is 4.79 Å². The molecule has 1 aromatic carbocycles. The van der Waals surface area contributed by atoms with Crippen LogP contribution >= 0.6 is 11.3 Å². The zero-order valence-corrected chi connectivity index (χ0v) is 16.7. The van der Waals surface area contributed by atoms with Gasteiger partial charge in [-0.15, -0.1) is 11.3 Å². The highest BCUT2D eigenvalue weighted by Crippen LogP contribution is 2.19. The lowest BCUT2D eigenvalue weighted by molar-refractivity contribution is -0.135. The van der Waals surface area contributed by atoms with Crippen molar-refractivity contribution in [2.45, 2.75) is 54.2 Å². The highest BCUT2D eigenvalue weighted by atomic mass is 32.1. The summed E-state index contributed by atoms with van der Waals surface area (Å²) in [6.45, 7) is 11.9. The summed E-state index contributed by atoms with van der Waals surface area (Å²) in [5.41, 5.74) is 3.42. The van der Waals surface area contributed by atoms with E-state index in [0.717, 1.165) is 29.4 Å². The van der Waals surface area contributed by atoms with Gasteiger partial charge >= 0.3 is 0 Å². The van der Waals surface area contributed by atoms with Crippen LogP contribution in [0.5, 0.6) is 5.75 Å². The van der Waals surface area contributed by atoms with Crippen LogP contribution in [-0.2, 0) is 17.9 Å². The number of benzene rings is 1. The Kier molecular flexibility index (Phi) is 7.00. The first-order valence-corrected chi connectivity index (χ1v) is 9.70. The number of ether oxygens (including phenoxy) is 1. The fourth-order valence-electron chi connectivity index (χ4n) is 2.53. The van der Waals surface area contributed by atoms with Crippen molar-refractivity contribution in [1.29, 1.82) is 0 Å². The highest BCUT2D eigenvalue weighted by Gasteiger charge is 2.17. The molecule has 0 fully saturated rings. The Morgan fingerprint density at radius 2 is 2.04 bits per heavy atom. The summed E-state index contributed by atoms with van der Waals surface area (Å²) in [4.78, 5) is 18.8. The Balaban J connectivity index is 1.96. The van der Waals surface area contributed by atoms with Gasteiger partial charge in [0.25, 0.3) is 0 Å². The van der Waals surface area contributed by atoms with Gasteiger partial charge in [-0.2, -0.15) is 0 Å². The standard InChI is InChI=1S/C20H28N2O2S/c1-6-9-22(20(23)14(2)3)11-17-13-25-19(21-17)12-24-18-8-7-15(4)16(5)10-18/h7-8,10,13-14H,6,9,11-12H2,1-5H3. The van der Waals surface area contributed by atoms with E-state index in [1.54, 1.807) is 11.3 Å². The normalized spacial score (nSPS) is 11.0. The number of carbonyl (C=O) groups excluding carboxylic acids is 1. The minimum atomic E-state index is 0.0118. The molecular weight excluding hydrogens is 332 g/mol. The van der Waals surface area contributed by atoms with Crippen LogP contribution in [0.25, 0.3) is 0 Å². The van der Waals surface area contributed by atoms with Gasteiger partial charge < -0.3 is 9.64 Å². The zero-order chi connectivity index (χ0) is 18.4. The topological polar surface area (TPSA) is 42.4 Å². The van der Waals surface area contributed by atoms with Crippen LogP contribution in [0, 0.1) is 19.8 Å². The monoisotopic (exact) mass is 360 g/mol. The Labute approximate surface area is 154 Å². The second-order valence-corrected chi connectivity index (χ2v) is 7.62. The maximum Gasteiger partial charge on any atom is 0.225 e. The van der Waals surface area contributed by atoms with Crippen LogP contribution in [0.3, 0.4) is 0 Å². The molecule has 1 aromatic heterocycles. The van der Waals surface area contributed by atoms with Crippen LogP contribution in [0.15, 0.2) is 23.6 Å². The van der Waals surface area contributed by atoms with Crippen LogP contribution in [0.2, 0.25) is 0 Å². The van der Waals surface area contributed by atoms with E-state index in [4.69, 9.17) is 4.74 Å². The molecule has 0 N–H and O–H groups in total. The molecule has 4 nitrogen and oxygen atoms in total. The van der Waals surface area contributed by atoms with E-state index in [9.17, 15) is 4.79 Å². The third kappa shape index (κ3) is 5.56. The number of amides is 1. The van der Waals surface area contributed by atoms with Gasteiger partial charge in [0, 0.05) is 17.8 Å². The summed E-state index contributed by atoms with van der Waals surface area (Å²) in [7, 11) is 0. The molecule has 1 heterocycles. The van der Waals surface area contributed by atoms with Crippen molar-refractivity contribution in [3.63, 3.8) is 0 Å². The van der Waals surface area contributed by atoms with Crippen LogP contribution in [-0.4, -0.2) is 22.3 Å². The molecule has 0 aliphatic heterocycles. The number of hydrogen-bond donors (Lipinski definition) is 0. The van der Waals surface area contributed by atoms with E-state index in [-0.39, 0.29) is 11.8 Å². The fraction of sp³-hybridized carbons (Fsp3) is 0.500. The van der Waals surface area contributed by atoms with Crippen molar-refractivity contribution in [2.24, 2.45) is 5.92 Å². The van der Waals surface area contributed by atoms with E-state index in [2.05, 4.69) is 31.8 Å². The molecule has 0 saturated heterocycles. The maximum absolute atomic E-state index is 12.3. The Hall–Kier alpha value is -1.88. The molecule has 0 saturated carbocycles. The molecule has 2 rings (SSSR count). The number of aromatic nitrogens is 1. The zero-order valence-electron chi connectivity index (χ0n) is 15.8. The summed E-state index contributed by atoms with van der Waals surface area (Å²) >= 11 is 1.58. The maximum atomic E-state index is 12.3. The van der Waals surface area contributed by atoms with Gasteiger partial charge in [0.15, 0.2) is 0 Å². The average molecular weight is 361 g/mol. The van der Waals surface area contributed by atoms with Crippen molar-refractivity contribution in [1.82, 2.24) is 9.88 Å². The fourth-order valence-corrected chi connectivity index (χ4v) is 3.23. The third-order valence-electron chi connectivity index (χ3n) is 4.09. The Bertz CT molecular complexity index is 709. The van der Waals surface area contributed by atoms with Gasteiger partial charge in [0.2, 0.25) is 5.91 Å². The van der Waals surface area contributed by atoms with Crippen LogP contribution in [0.4, 0.5) is 0 Å². The number of carbonyl (C=O) groups is 1. The van der Waals surface area contributed by atoms with Crippen molar-refractivity contribution >= 4 is 17.2 Å². The highest BCUT2D eigenvalue weighted by molar-refractivity contribution is 7.09. The second kappa shape index (κ2) is 8.99. The van der Waals surface area contributed by atoms with E-state index < -0.39 is 0 Å². The van der Waals surface area contributed by atoms with Crippen molar-refractivity contribution in [2.75, 3.05) is 6.54 Å². The lowest BCUT2D eigenvalue weighted by Gasteiger charge is -2.23. The molecule has 25 heavy (non-hydrogen) atoms. The summed E-state index contributed by atoms with van der Waals surface area (Å²) in [5, 5.41) is 2.96. The number of nitrogens with zero attached hydrogens (tertiary/aromatic N) is 2. The van der Waals surface area contributed by atoms with E-state index >= 15 is 0 Å². The minimum absolute atomic E-state index is 0.0118. The second-order valence-electron chi connectivity index (χ2n) is 6.68. The number of thiazole rings is 1. The summed E-state index contributed by atoms with van der Waals surface area (Å²) < 4.78 is 5.85. The summed E-state index contributed by atoms with van der Waals surface area (Å²) in [6, 6.07) is 6.10. The van der Waals surface area contributed by atoms with Crippen LogP contribution < -0.4 is 4.74 Å². The van der Waals surface area contributed by atoms with Gasteiger partial charge in [-0.1, -0.05) is 26.8 Å². The molecule has 0 spiro atoms. The molecule has 0 atom stereocenters. The van der Waals surface area contributed by atoms with E-state index in [0.29, 0.717) is 13.2 Å². The van der Waals surface area contributed by atoms with Gasteiger partial charge in [0.1, 0.15) is 17.4 Å². The van der Waals surface area contributed by atoms with Crippen molar-refractivity contribution in [3.8, 4) is 5.75 Å². The lowest BCUT2D eigenvalue weighted by atomic mass is 10.1. The number of rotatable bonds is 8. The molecule has 136 valence electrons. The predicted octanol–water partition coefficient (Wildman–Crippen LogP) is 4.73. The average Bonchev–Trinajstić information content (AvgIpc) is 3.02. The number of aryl methyl sites for hydroxylation is 2. The summed E-state index contributed by atoms with van der Waals surface area (Å²) in [5.74, 6) is 1.06. The largest absolute Gasteiger partial charge is 0.486 e. The van der Waals surface area contributed by atoms with Gasteiger partial charge in [-0.05, 0) is 43.5 Å². The van der Waals surface area contributed by atoms with E-state index in [1.807, 2.05) is 36.3 Å². The minimum Gasteiger partial charge on any atom is -0.486 e. The van der Waals surface area contributed by atoms with Gasteiger partial charge in [-0.25, -0.2) is 4.98 Å². The van der Waals surface area contributed by atoms with E-state index in [1.165, 1.54) is 11.1 Å². The molecule has 1 amide bonds. The third-order valence-corrected chi connectivity index (χ3v) is 4.96. The smallest absolute Gasteiger partial charge is 0.225 e. The molecule has 0 aliphatic rings. The Morgan fingerprint density at radius 3 is 2.68 bits per heavy atom. The lowest BCUT2D eigenvalue weighted by Crippen LogP contribution is -2.34. The molecule has 0 radical (unpaired) electrons. The first-order valence-electron chi connectivity index (χ1n) is 8.82. The van der Waals surface area contributed by atoms with Crippen molar-refractivity contribution < 1.29 is 9.53 Å². The molecular formula is C20H28N2O2S. The first kappa shape index (κ1) is 19.4. The first-order chi connectivity index (χ1) is 11.9. The molecule has 0 bridgehead atoms. The quantitative estimate of drug-likeness (QED) is 0.683. The number of hydrogen-bond acceptors (Lipinski definition) is 4. The molecule has 2 aromatic rings. The van der Waals surface area contributed by atoms with Crippen LogP contribution in [0.1, 0.15) is 49.0 Å². The molecule has 5 heteroatoms.